The molecule has 0 aromatic carbocycles. The number of carbonyl (C=O) groups excluding carboxylic acids is 2. The van der Waals surface area contributed by atoms with E-state index in [1.807, 2.05) is 0 Å². The zero-order chi connectivity index (χ0) is 12.5. The van der Waals surface area contributed by atoms with Gasteiger partial charge in [0.25, 0.3) is 0 Å². The summed E-state index contributed by atoms with van der Waals surface area (Å²) < 4.78 is 6.28. The second-order valence-electron chi connectivity index (χ2n) is 4.69. The maximum atomic E-state index is 11.7. The highest BCUT2D eigenvalue weighted by molar-refractivity contribution is 5.85. The van der Waals surface area contributed by atoms with Crippen LogP contribution in [0.5, 0.6) is 0 Å². The van der Waals surface area contributed by atoms with Crippen LogP contribution in [0.15, 0.2) is 6.20 Å². The summed E-state index contributed by atoms with van der Waals surface area (Å²) in [6, 6.07) is -0.510. The molecular formula is C11H14N4O3. The van der Waals surface area contributed by atoms with E-state index in [0.29, 0.717) is 18.9 Å². The Morgan fingerprint density at radius 2 is 2.33 bits per heavy atom. The Balaban J connectivity index is 1.54. The van der Waals surface area contributed by atoms with E-state index in [9.17, 15) is 9.59 Å². The lowest BCUT2D eigenvalue weighted by molar-refractivity contribution is -0.141. The van der Waals surface area contributed by atoms with Crippen LogP contribution >= 0.6 is 0 Å². The summed E-state index contributed by atoms with van der Waals surface area (Å²) in [5.41, 5.74) is 0.947. The van der Waals surface area contributed by atoms with Gasteiger partial charge in [0.15, 0.2) is 0 Å². The second kappa shape index (κ2) is 4.40. The molecule has 1 saturated carbocycles. The Morgan fingerprint density at radius 3 is 3.00 bits per heavy atom. The fourth-order valence-corrected chi connectivity index (χ4v) is 1.97. The standard InChI is InChI=1S/C11H14N4O3/c16-10(12-8-3-4-18-11(8)17)6-15-5-9(13-14-15)7-1-2-7/h5,7-8H,1-4,6H2,(H,12,16)/t8-/m0/s1. The van der Waals surface area contributed by atoms with E-state index in [0.717, 1.165) is 18.5 Å². The largest absolute Gasteiger partial charge is 0.464 e. The minimum absolute atomic E-state index is 0.0868. The molecular weight excluding hydrogens is 236 g/mol. The van der Waals surface area contributed by atoms with Crippen molar-refractivity contribution in [1.82, 2.24) is 20.3 Å². The molecule has 2 heterocycles. The number of aromatic nitrogens is 3. The second-order valence-corrected chi connectivity index (χ2v) is 4.69. The van der Waals surface area contributed by atoms with E-state index in [1.54, 1.807) is 6.20 Å². The first-order valence-electron chi connectivity index (χ1n) is 6.08. The number of carbonyl (C=O) groups is 2. The van der Waals surface area contributed by atoms with Gasteiger partial charge in [0, 0.05) is 18.5 Å². The van der Waals surface area contributed by atoms with Crippen LogP contribution in [-0.2, 0) is 20.9 Å². The third kappa shape index (κ3) is 2.34. The molecule has 1 N–H and O–H groups in total. The van der Waals surface area contributed by atoms with E-state index >= 15 is 0 Å². The Morgan fingerprint density at radius 1 is 1.50 bits per heavy atom. The maximum Gasteiger partial charge on any atom is 0.328 e. The van der Waals surface area contributed by atoms with Crippen LogP contribution in [0.2, 0.25) is 0 Å². The number of nitrogens with one attached hydrogen (secondary N) is 1. The molecule has 1 aromatic heterocycles. The predicted molar refractivity (Wildman–Crippen MR) is 59.5 cm³/mol. The van der Waals surface area contributed by atoms with Crippen LogP contribution in [0.1, 0.15) is 30.9 Å². The molecule has 18 heavy (non-hydrogen) atoms. The number of hydrogen-bond donors (Lipinski definition) is 1. The molecule has 1 atom stereocenters. The Hall–Kier alpha value is -1.92. The lowest BCUT2D eigenvalue weighted by Crippen LogP contribution is -2.39. The number of esters is 1. The highest BCUT2D eigenvalue weighted by Gasteiger charge is 2.29. The van der Waals surface area contributed by atoms with Crippen LogP contribution in [0.3, 0.4) is 0 Å². The third-order valence-corrected chi connectivity index (χ3v) is 3.13. The fourth-order valence-electron chi connectivity index (χ4n) is 1.97. The number of ether oxygens (including phenoxy) is 1. The van der Waals surface area contributed by atoms with Gasteiger partial charge in [0.1, 0.15) is 12.6 Å². The summed E-state index contributed by atoms with van der Waals surface area (Å²) in [5, 5.41) is 10.5. The van der Waals surface area contributed by atoms with Crippen molar-refractivity contribution in [3.63, 3.8) is 0 Å². The van der Waals surface area contributed by atoms with Crippen molar-refractivity contribution in [3.8, 4) is 0 Å². The van der Waals surface area contributed by atoms with Crippen LogP contribution < -0.4 is 5.32 Å². The average Bonchev–Trinajstić information content (AvgIpc) is 2.97. The number of hydrogen-bond acceptors (Lipinski definition) is 5. The van der Waals surface area contributed by atoms with Crippen molar-refractivity contribution >= 4 is 11.9 Å². The summed E-state index contributed by atoms with van der Waals surface area (Å²) in [6.07, 6.45) is 4.64. The van der Waals surface area contributed by atoms with E-state index in [4.69, 9.17) is 4.74 Å². The van der Waals surface area contributed by atoms with Gasteiger partial charge in [-0.15, -0.1) is 5.10 Å². The monoisotopic (exact) mass is 250 g/mol. The Kier molecular flexibility index (Phi) is 2.73. The summed E-state index contributed by atoms with van der Waals surface area (Å²) in [4.78, 5) is 22.9. The molecule has 7 nitrogen and oxygen atoms in total. The van der Waals surface area contributed by atoms with E-state index in [-0.39, 0.29) is 18.4 Å². The lowest BCUT2D eigenvalue weighted by Gasteiger charge is -2.08. The van der Waals surface area contributed by atoms with Gasteiger partial charge in [0.05, 0.1) is 12.3 Å². The average molecular weight is 250 g/mol. The molecule has 1 aromatic rings. The van der Waals surface area contributed by atoms with Crippen molar-refractivity contribution in [3.05, 3.63) is 11.9 Å². The first-order chi connectivity index (χ1) is 8.72. The van der Waals surface area contributed by atoms with Crippen LogP contribution in [0.4, 0.5) is 0 Å². The minimum Gasteiger partial charge on any atom is -0.464 e. The molecule has 0 spiro atoms. The highest BCUT2D eigenvalue weighted by Crippen LogP contribution is 2.38. The zero-order valence-electron chi connectivity index (χ0n) is 9.83. The van der Waals surface area contributed by atoms with Crippen molar-refractivity contribution in [1.29, 1.82) is 0 Å². The number of rotatable bonds is 4. The summed E-state index contributed by atoms with van der Waals surface area (Å²) >= 11 is 0. The van der Waals surface area contributed by atoms with Gasteiger partial charge in [-0.2, -0.15) is 0 Å². The molecule has 96 valence electrons. The van der Waals surface area contributed by atoms with E-state index < -0.39 is 6.04 Å². The van der Waals surface area contributed by atoms with Gasteiger partial charge in [-0.25, -0.2) is 9.48 Å². The van der Waals surface area contributed by atoms with Crippen molar-refractivity contribution in [2.45, 2.75) is 37.8 Å². The van der Waals surface area contributed by atoms with E-state index in [2.05, 4.69) is 15.6 Å². The van der Waals surface area contributed by atoms with Crippen molar-refractivity contribution in [2.75, 3.05) is 6.61 Å². The minimum atomic E-state index is -0.510. The zero-order valence-corrected chi connectivity index (χ0v) is 9.83. The number of amides is 1. The molecule has 7 heteroatoms. The maximum absolute atomic E-state index is 11.7. The summed E-state index contributed by atoms with van der Waals surface area (Å²) in [6.45, 7) is 0.461. The lowest BCUT2D eigenvalue weighted by atomic mass is 10.2. The van der Waals surface area contributed by atoms with Crippen LogP contribution in [0.25, 0.3) is 0 Å². The molecule has 3 rings (SSSR count). The van der Waals surface area contributed by atoms with Crippen LogP contribution in [-0.4, -0.2) is 39.5 Å². The molecule has 1 aliphatic carbocycles. The smallest absolute Gasteiger partial charge is 0.328 e. The van der Waals surface area contributed by atoms with Gasteiger partial charge in [-0.05, 0) is 12.8 Å². The molecule has 1 saturated heterocycles. The fraction of sp³-hybridized carbons (Fsp3) is 0.636. The molecule has 1 amide bonds. The topological polar surface area (TPSA) is 86.1 Å². The Labute approximate surface area is 103 Å². The molecule has 0 radical (unpaired) electrons. The Bertz CT molecular complexity index is 480. The number of cyclic esters (lactones) is 1. The first-order valence-corrected chi connectivity index (χ1v) is 6.08. The first kappa shape index (κ1) is 11.2. The summed E-state index contributed by atoms with van der Waals surface area (Å²) in [5.74, 6) is -0.0849. The normalized spacial score (nSPS) is 22.9. The molecule has 2 aliphatic rings. The molecule has 1 aliphatic heterocycles. The van der Waals surface area contributed by atoms with Gasteiger partial charge in [-0.3, -0.25) is 4.79 Å². The third-order valence-electron chi connectivity index (χ3n) is 3.13. The van der Waals surface area contributed by atoms with Gasteiger partial charge in [-0.1, -0.05) is 5.21 Å². The summed E-state index contributed by atoms with van der Waals surface area (Å²) in [7, 11) is 0. The van der Waals surface area contributed by atoms with Crippen molar-refractivity contribution in [2.24, 2.45) is 0 Å². The molecule has 2 fully saturated rings. The highest BCUT2D eigenvalue weighted by atomic mass is 16.5. The predicted octanol–water partition coefficient (Wildman–Crippen LogP) is -0.413. The quantitative estimate of drug-likeness (QED) is 0.734. The molecule has 0 unspecified atom stereocenters. The number of nitrogens with zero attached hydrogens (tertiary/aromatic N) is 3. The van der Waals surface area contributed by atoms with Crippen LogP contribution in [0, 0.1) is 0 Å². The SMILES string of the molecule is O=C(Cn1cc(C2CC2)nn1)N[C@H]1CCOC1=O. The van der Waals surface area contributed by atoms with Gasteiger partial charge < -0.3 is 10.1 Å². The van der Waals surface area contributed by atoms with Gasteiger partial charge in [0.2, 0.25) is 5.91 Å². The van der Waals surface area contributed by atoms with Crippen molar-refractivity contribution < 1.29 is 14.3 Å². The molecule has 0 bridgehead atoms. The van der Waals surface area contributed by atoms with E-state index in [1.165, 1.54) is 4.68 Å². The van der Waals surface area contributed by atoms with Gasteiger partial charge >= 0.3 is 5.97 Å².